The molecule has 0 radical (unpaired) electrons. The van der Waals surface area contributed by atoms with Gasteiger partial charge in [-0.05, 0) is 43.3 Å². The van der Waals surface area contributed by atoms with Crippen LogP contribution in [0.15, 0.2) is 48.5 Å². The van der Waals surface area contributed by atoms with E-state index in [9.17, 15) is 14.4 Å². The van der Waals surface area contributed by atoms with Crippen molar-refractivity contribution < 1.29 is 19.1 Å². The Morgan fingerprint density at radius 1 is 1.00 bits per heavy atom. The first-order valence-corrected chi connectivity index (χ1v) is 7.13. The van der Waals surface area contributed by atoms with Crippen LogP contribution in [0.1, 0.15) is 38.0 Å². The minimum absolute atomic E-state index is 0.299. The van der Waals surface area contributed by atoms with Crippen LogP contribution in [0.5, 0.6) is 0 Å². The zero-order valence-electron chi connectivity index (χ0n) is 12.4. The Labute approximate surface area is 132 Å². The zero-order valence-corrected chi connectivity index (χ0v) is 12.4. The number of hydrazine groups is 1. The number of anilines is 1. The van der Waals surface area contributed by atoms with Gasteiger partial charge in [0.25, 0.3) is 11.8 Å². The average Bonchev–Trinajstić information content (AvgIpc) is 2.81. The molecule has 0 saturated heterocycles. The number of benzene rings is 2. The molecule has 116 valence electrons. The van der Waals surface area contributed by atoms with E-state index in [1.54, 1.807) is 55.5 Å². The van der Waals surface area contributed by atoms with Crippen LogP contribution in [0.2, 0.25) is 0 Å². The highest BCUT2D eigenvalue weighted by Crippen LogP contribution is 2.23. The van der Waals surface area contributed by atoms with E-state index in [1.807, 2.05) is 0 Å². The molecule has 6 heteroatoms. The number of fused-ring (bicyclic) bond motifs is 1. The Bertz CT molecular complexity index is 748. The molecule has 1 heterocycles. The van der Waals surface area contributed by atoms with E-state index < -0.39 is 17.8 Å². The van der Waals surface area contributed by atoms with Crippen molar-refractivity contribution in [1.29, 1.82) is 0 Å². The Hall–Kier alpha value is -3.15. The molecular formula is C17H14N2O4. The third-order valence-corrected chi connectivity index (χ3v) is 3.43. The Morgan fingerprint density at radius 3 is 2.09 bits per heavy atom. The number of carbonyl (C=O) groups is 3. The maximum absolute atomic E-state index is 12.2. The van der Waals surface area contributed by atoms with E-state index in [-0.39, 0.29) is 0 Å². The van der Waals surface area contributed by atoms with Gasteiger partial charge in [-0.25, -0.2) is 4.79 Å². The predicted molar refractivity (Wildman–Crippen MR) is 83.0 cm³/mol. The zero-order chi connectivity index (χ0) is 16.4. The van der Waals surface area contributed by atoms with Crippen molar-refractivity contribution >= 4 is 23.5 Å². The van der Waals surface area contributed by atoms with Gasteiger partial charge in [0.15, 0.2) is 0 Å². The molecule has 1 aliphatic heterocycles. The summed E-state index contributed by atoms with van der Waals surface area (Å²) in [6.45, 7) is 2.03. The minimum Gasteiger partial charge on any atom is -0.462 e. The summed E-state index contributed by atoms with van der Waals surface area (Å²) in [6.07, 6.45) is 0. The molecule has 2 amide bonds. The summed E-state index contributed by atoms with van der Waals surface area (Å²) in [5.41, 5.74) is 4.43. The lowest BCUT2D eigenvalue weighted by Gasteiger charge is -2.16. The van der Waals surface area contributed by atoms with Crippen molar-refractivity contribution in [1.82, 2.24) is 5.01 Å². The second-order valence-corrected chi connectivity index (χ2v) is 4.90. The SMILES string of the molecule is CCOC(=O)c1ccc(NN2C(=O)c3ccccc3C2=O)cc1. The van der Waals surface area contributed by atoms with Gasteiger partial charge in [-0.15, -0.1) is 0 Å². The fourth-order valence-corrected chi connectivity index (χ4v) is 2.32. The fraction of sp³-hybridized carbons (Fsp3) is 0.118. The topological polar surface area (TPSA) is 75.7 Å². The highest BCUT2D eigenvalue weighted by molar-refractivity contribution is 6.21. The van der Waals surface area contributed by atoms with Gasteiger partial charge in [0.2, 0.25) is 0 Å². The van der Waals surface area contributed by atoms with Gasteiger partial charge in [0, 0.05) is 0 Å². The van der Waals surface area contributed by atoms with Gasteiger partial charge in [-0.2, -0.15) is 5.01 Å². The third-order valence-electron chi connectivity index (χ3n) is 3.43. The number of ether oxygens (including phenoxy) is 1. The van der Waals surface area contributed by atoms with Crippen molar-refractivity contribution in [2.45, 2.75) is 6.92 Å². The summed E-state index contributed by atoms with van der Waals surface area (Å²) >= 11 is 0. The molecule has 0 fully saturated rings. The maximum atomic E-state index is 12.2. The van der Waals surface area contributed by atoms with Crippen molar-refractivity contribution in [2.24, 2.45) is 0 Å². The lowest BCUT2D eigenvalue weighted by molar-refractivity contribution is 0.0525. The molecule has 0 spiro atoms. The van der Waals surface area contributed by atoms with Gasteiger partial charge in [0.05, 0.1) is 29.0 Å². The monoisotopic (exact) mass is 310 g/mol. The number of hydrogen-bond acceptors (Lipinski definition) is 5. The van der Waals surface area contributed by atoms with E-state index in [2.05, 4.69) is 5.43 Å². The predicted octanol–water partition coefficient (Wildman–Crippen LogP) is 2.49. The Morgan fingerprint density at radius 2 is 1.57 bits per heavy atom. The number of carbonyl (C=O) groups excluding carboxylic acids is 3. The minimum atomic E-state index is -0.417. The molecule has 1 aliphatic rings. The Kier molecular flexibility index (Phi) is 3.80. The van der Waals surface area contributed by atoms with Crippen LogP contribution in [-0.2, 0) is 4.74 Å². The number of rotatable bonds is 4. The van der Waals surface area contributed by atoms with E-state index >= 15 is 0 Å². The average molecular weight is 310 g/mol. The maximum Gasteiger partial charge on any atom is 0.338 e. The molecule has 0 bridgehead atoms. The molecule has 0 unspecified atom stereocenters. The lowest BCUT2D eigenvalue weighted by atomic mass is 10.1. The Balaban J connectivity index is 1.77. The number of nitrogens with zero attached hydrogens (tertiary/aromatic N) is 1. The van der Waals surface area contributed by atoms with Crippen LogP contribution in [0.3, 0.4) is 0 Å². The highest BCUT2D eigenvalue weighted by atomic mass is 16.5. The number of amides is 2. The molecule has 1 N–H and O–H groups in total. The van der Waals surface area contributed by atoms with E-state index in [1.165, 1.54) is 0 Å². The summed E-state index contributed by atoms with van der Waals surface area (Å²) in [4.78, 5) is 36.1. The second-order valence-electron chi connectivity index (χ2n) is 4.90. The molecule has 2 aromatic rings. The summed E-state index contributed by atoms with van der Waals surface area (Å²) in [5, 5.41) is 0.962. The summed E-state index contributed by atoms with van der Waals surface area (Å²) in [6, 6.07) is 13.0. The molecule has 0 atom stereocenters. The standard InChI is InChI=1S/C17H14N2O4/c1-2-23-17(22)11-7-9-12(10-8-11)18-19-15(20)13-5-3-4-6-14(13)16(19)21/h3-10,18H,2H2,1H3. The molecular weight excluding hydrogens is 296 g/mol. The van der Waals surface area contributed by atoms with Gasteiger partial charge in [0.1, 0.15) is 0 Å². The first kappa shape index (κ1) is 14.8. The normalized spacial score (nSPS) is 13.0. The quantitative estimate of drug-likeness (QED) is 0.693. The smallest absolute Gasteiger partial charge is 0.338 e. The highest BCUT2D eigenvalue weighted by Gasteiger charge is 2.35. The summed E-state index contributed by atoms with van der Waals surface area (Å²) in [5.74, 6) is -1.22. The number of nitrogens with one attached hydrogen (secondary N) is 1. The van der Waals surface area contributed by atoms with Crippen LogP contribution in [0.4, 0.5) is 5.69 Å². The number of imide groups is 1. The van der Waals surface area contributed by atoms with Crippen molar-refractivity contribution in [3.63, 3.8) is 0 Å². The first-order chi connectivity index (χ1) is 11.1. The number of esters is 1. The molecule has 23 heavy (non-hydrogen) atoms. The molecule has 3 rings (SSSR count). The summed E-state index contributed by atoms with van der Waals surface area (Å²) < 4.78 is 4.90. The van der Waals surface area contributed by atoms with Gasteiger partial charge < -0.3 is 4.74 Å². The largest absolute Gasteiger partial charge is 0.462 e. The molecule has 2 aromatic carbocycles. The molecule has 0 aromatic heterocycles. The third kappa shape index (κ3) is 2.66. The second kappa shape index (κ2) is 5.92. The first-order valence-electron chi connectivity index (χ1n) is 7.13. The van der Waals surface area contributed by atoms with Crippen LogP contribution in [0, 0.1) is 0 Å². The van der Waals surface area contributed by atoms with Crippen LogP contribution >= 0.6 is 0 Å². The summed E-state index contributed by atoms with van der Waals surface area (Å²) in [7, 11) is 0. The lowest BCUT2D eigenvalue weighted by Crippen LogP contribution is -2.35. The van der Waals surface area contributed by atoms with Crippen molar-refractivity contribution in [3.05, 3.63) is 65.2 Å². The fourth-order valence-electron chi connectivity index (χ4n) is 2.32. The molecule has 6 nitrogen and oxygen atoms in total. The molecule has 0 saturated carbocycles. The molecule has 0 aliphatic carbocycles. The van der Waals surface area contributed by atoms with E-state index in [0.717, 1.165) is 5.01 Å². The van der Waals surface area contributed by atoms with Gasteiger partial charge in [-0.3, -0.25) is 15.0 Å². The van der Waals surface area contributed by atoms with Gasteiger partial charge >= 0.3 is 5.97 Å². The van der Waals surface area contributed by atoms with Crippen molar-refractivity contribution in [2.75, 3.05) is 12.0 Å². The van der Waals surface area contributed by atoms with Crippen LogP contribution in [0.25, 0.3) is 0 Å². The van der Waals surface area contributed by atoms with Gasteiger partial charge in [-0.1, -0.05) is 12.1 Å². The van der Waals surface area contributed by atoms with E-state index in [0.29, 0.717) is 29.0 Å². The number of hydrogen-bond donors (Lipinski definition) is 1. The van der Waals surface area contributed by atoms with E-state index in [4.69, 9.17) is 4.74 Å². The van der Waals surface area contributed by atoms with Crippen LogP contribution < -0.4 is 5.43 Å². The van der Waals surface area contributed by atoms with Crippen molar-refractivity contribution in [3.8, 4) is 0 Å². The van der Waals surface area contributed by atoms with Crippen LogP contribution in [-0.4, -0.2) is 29.4 Å².